The van der Waals surface area contributed by atoms with Gasteiger partial charge in [-0.15, -0.1) is 11.8 Å². The van der Waals surface area contributed by atoms with Gasteiger partial charge in [0, 0.05) is 36.3 Å². The van der Waals surface area contributed by atoms with E-state index in [1.54, 1.807) is 12.1 Å². The number of likely N-dealkylation sites (tertiary alicyclic amines) is 1. The normalized spacial score (nSPS) is 21.5. The summed E-state index contributed by atoms with van der Waals surface area (Å²) in [5.41, 5.74) is 2.53. The molecule has 26 heavy (non-hydrogen) atoms. The van der Waals surface area contributed by atoms with E-state index >= 15 is 0 Å². The van der Waals surface area contributed by atoms with Gasteiger partial charge in [-0.1, -0.05) is 46.3 Å². The van der Waals surface area contributed by atoms with Crippen LogP contribution in [0.3, 0.4) is 0 Å². The molecule has 2 aromatic carbocycles. The van der Waals surface area contributed by atoms with Crippen LogP contribution >= 0.6 is 27.7 Å². The maximum Gasteiger partial charge on any atom is 0.123 e. The third kappa shape index (κ3) is 4.00. The molecule has 2 aliphatic heterocycles. The zero-order chi connectivity index (χ0) is 17.9. The molecule has 1 fully saturated rings. The number of rotatable bonds is 4. The van der Waals surface area contributed by atoms with E-state index in [0.717, 1.165) is 32.5 Å². The third-order valence-electron chi connectivity index (χ3n) is 5.20. The summed E-state index contributed by atoms with van der Waals surface area (Å²) in [5.74, 6) is -0.170. The van der Waals surface area contributed by atoms with Crippen LogP contribution < -0.4 is 0 Å². The molecule has 136 valence electrons. The van der Waals surface area contributed by atoms with Crippen molar-refractivity contribution < 1.29 is 4.39 Å². The van der Waals surface area contributed by atoms with Gasteiger partial charge in [0.2, 0.25) is 0 Å². The van der Waals surface area contributed by atoms with Crippen LogP contribution in [0, 0.1) is 5.82 Å². The predicted octanol–water partition coefficient (Wildman–Crippen LogP) is 5.77. The summed E-state index contributed by atoms with van der Waals surface area (Å²) >= 11 is 5.47. The van der Waals surface area contributed by atoms with Crippen molar-refractivity contribution in [3.8, 4) is 0 Å². The second kappa shape index (κ2) is 8.15. The minimum absolute atomic E-state index is 0.170. The summed E-state index contributed by atoms with van der Waals surface area (Å²) in [6.07, 6.45) is 4.53. The lowest BCUT2D eigenvalue weighted by Gasteiger charge is -2.39. The molecule has 2 aromatic rings. The van der Waals surface area contributed by atoms with Crippen molar-refractivity contribution in [3.63, 3.8) is 0 Å². The molecule has 0 saturated carbocycles. The fourth-order valence-corrected chi connectivity index (χ4v) is 5.23. The highest BCUT2D eigenvalue weighted by Gasteiger charge is 2.31. The van der Waals surface area contributed by atoms with E-state index in [1.165, 1.54) is 15.6 Å². The van der Waals surface area contributed by atoms with Gasteiger partial charge in [0.25, 0.3) is 0 Å². The van der Waals surface area contributed by atoms with Gasteiger partial charge in [0.05, 0.1) is 0 Å². The average molecular weight is 433 g/mol. The highest BCUT2D eigenvalue weighted by molar-refractivity contribution is 9.10. The maximum absolute atomic E-state index is 13.2. The van der Waals surface area contributed by atoms with E-state index < -0.39 is 0 Å². The largest absolute Gasteiger partial charge is 0.358 e. The van der Waals surface area contributed by atoms with Crippen LogP contribution in [0.15, 0.2) is 64.6 Å². The molecule has 0 aromatic heterocycles. The number of benzene rings is 2. The first-order valence-electron chi connectivity index (χ1n) is 9.01. The summed E-state index contributed by atoms with van der Waals surface area (Å²) in [6.45, 7) is 3.22. The van der Waals surface area contributed by atoms with E-state index in [9.17, 15) is 4.39 Å². The van der Waals surface area contributed by atoms with Crippen LogP contribution in [-0.4, -0.2) is 28.9 Å². The smallest absolute Gasteiger partial charge is 0.123 e. The van der Waals surface area contributed by atoms with Crippen molar-refractivity contribution >= 4 is 27.7 Å². The molecule has 0 N–H and O–H groups in total. The van der Waals surface area contributed by atoms with Gasteiger partial charge in [0.15, 0.2) is 0 Å². The molecule has 0 spiro atoms. The number of halogens is 2. The van der Waals surface area contributed by atoms with Gasteiger partial charge < -0.3 is 4.90 Å². The summed E-state index contributed by atoms with van der Waals surface area (Å²) in [7, 11) is 0. The first-order valence-corrected chi connectivity index (χ1v) is 10.7. The SMILES string of the molecule is Fc1ccc(C2SC=CN2C2CCN(Cc3ccccc3Br)CC2)cc1. The van der Waals surface area contributed by atoms with E-state index in [-0.39, 0.29) is 11.2 Å². The summed E-state index contributed by atoms with van der Waals surface area (Å²) in [4.78, 5) is 5.00. The molecule has 0 aliphatic carbocycles. The number of piperidine rings is 1. The minimum atomic E-state index is -0.170. The molecule has 2 heterocycles. The third-order valence-corrected chi connectivity index (χ3v) is 7.02. The Balaban J connectivity index is 1.37. The highest BCUT2D eigenvalue weighted by atomic mass is 79.9. The van der Waals surface area contributed by atoms with Crippen molar-refractivity contribution in [3.05, 3.63) is 81.6 Å². The molecular formula is C21H22BrFN2S. The van der Waals surface area contributed by atoms with Crippen LogP contribution in [0.2, 0.25) is 0 Å². The molecule has 5 heteroatoms. The van der Waals surface area contributed by atoms with Crippen molar-refractivity contribution in [1.29, 1.82) is 0 Å². The van der Waals surface area contributed by atoms with E-state index in [1.807, 2.05) is 23.9 Å². The Kier molecular flexibility index (Phi) is 5.67. The van der Waals surface area contributed by atoms with Gasteiger partial charge in [-0.2, -0.15) is 0 Å². The fourth-order valence-electron chi connectivity index (χ4n) is 3.76. The zero-order valence-corrected chi connectivity index (χ0v) is 16.9. The molecule has 0 radical (unpaired) electrons. The standard InChI is InChI=1S/C21H22BrFN2S/c22-20-4-2-1-3-17(20)15-24-11-9-19(10-12-24)25-13-14-26-21(25)16-5-7-18(23)8-6-16/h1-8,13-14,19,21H,9-12,15H2. The maximum atomic E-state index is 13.2. The van der Waals surface area contributed by atoms with Crippen molar-refractivity contribution in [2.45, 2.75) is 30.8 Å². The molecule has 0 bridgehead atoms. The van der Waals surface area contributed by atoms with Gasteiger partial charge in [-0.05, 0) is 47.6 Å². The quantitative estimate of drug-likeness (QED) is 0.605. The van der Waals surface area contributed by atoms with Gasteiger partial charge in [-0.3, -0.25) is 4.90 Å². The van der Waals surface area contributed by atoms with E-state index in [0.29, 0.717) is 6.04 Å². The lowest BCUT2D eigenvalue weighted by atomic mass is 10.0. The fraction of sp³-hybridized carbons (Fsp3) is 0.333. The van der Waals surface area contributed by atoms with Gasteiger partial charge >= 0.3 is 0 Å². The van der Waals surface area contributed by atoms with Crippen LogP contribution in [0.5, 0.6) is 0 Å². The van der Waals surface area contributed by atoms with E-state index in [4.69, 9.17) is 0 Å². The van der Waals surface area contributed by atoms with Crippen LogP contribution in [-0.2, 0) is 6.54 Å². The Bertz CT molecular complexity index is 772. The summed E-state index contributed by atoms with van der Waals surface area (Å²) < 4.78 is 14.4. The minimum Gasteiger partial charge on any atom is -0.358 e. The van der Waals surface area contributed by atoms with Gasteiger partial charge in [0.1, 0.15) is 11.2 Å². The van der Waals surface area contributed by atoms with Crippen LogP contribution in [0.25, 0.3) is 0 Å². The van der Waals surface area contributed by atoms with Gasteiger partial charge in [-0.25, -0.2) is 4.39 Å². The molecular weight excluding hydrogens is 411 g/mol. The number of nitrogens with zero attached hydrogens (tertiary/aromatic N) is 2. The first kappa shape index (κ1) is 18.1. The van der Waals surface area contributed by atoms with Crippen molar-refractivity contribution in [1.82, 2.24) is 9.80 Å². The Morgan fingerprint density at radius 2 is 1.77 bits per heavy atom. The lowest BCUT2D eigenvalue weighted by Crippen LogP contribution is -2.42. The Hall–Kier alpha value is -1.30. The van der Waals surface area contributed by atoms with Crippen LogP contribution in [0.4, 0.5) is 4.39 Å². The molecule has 2 aliphatic rings. The Labute approximate surface area is 167 Å². The second-order valence-electron chi connectivity index (χ2n) is 6.87. The van der Waals surface area contributed by atoms with E-state index in [2.05, 4.69) is 61.6 Å². The van der Waals surface area contributed by atoms with Crippen molar-refractivity contribution in [2.24, 2.45) is 0 Å². The lowest BCUT2D eigenvalue weighted by molar-refractivity contribution is 0.132. The molecule has 1 saturated heterocycles. The molecule has 2 nitrogen and oxygen atoms in total. The molecule has 4 rings (SSSR count). The highest BCUT2D eigenvalue weighted by Crippen LogP contribution is 2.42. The molecule has 1 unspecified atom stereocenters. The second-order valence-corrected chi connectivity index (χ2v) is 8.72. The number of hydrogen-bond donors (Lipinski definition) is 0. The molecule has 0 amide bonds. The predicted molar refractivity (Wildman–Crippen MR) is 110 cm³/mol. The summed E-state index contributed by atoms with van der Waals surface area (Å²) in [6, 6.07) is 16.0. The topological polar surface area (TPSA) is 6.48 Å². The average Bonchev–Trinajstić information content (AvgIpc) is 3.15. The van der Waals surface area contributed by atoms with Crippen molar-refractivity contribution in [2.75, 3.05) is 13.1 Å². The van der Waals surface area contributed by atoms with Crippen LogP contribution in [0.1, 0.15) is 29.3 Å². The molecule has 1 atom stereocenters. The number of thioether (sulfide) groups is 1. The zero-order valence-electron chi connectivity index (χ0n) is 14.5. The summed E-state index contributed by atoms with van der Waals surface area (Å²) in [5, 5.41) is 2.44. The first-order chi connectivity index (χ1) is 12.7. The number of hydrogen-bond acceptors (Lipinski definition) is 3. The monoisotopic (exact) mass is 432 g/mol. The Morgan fingerprint density at radius 1 is 1.04 bits per heavy atom. The Morgan fingerprint density at radius 3 is 2.50 bits per heavy atom.